The maximum atomic E-state index is 11.9. The van der Waals surface area contributed by atoms with Gasteiger partial charge in [0.2, 0.25) is 0 Å². The maximum absolute atomic E-state index is 11.9. The molecule has 0 aromatic heterocycles. The number of carbonyl (C=O) groups excluding carboxylic acids is 1. The molecule has 1 amide bonds. The van der Waals surface area contributed by atoms with Crippen molar-refractivity contribution in [2.75, 3.05) is 32.8 Å². The molecule has 1 spiro atoms. The Hall–Kier alpha value is -1.05. The van der Waals surface area contributed by atoms with Gasteiger partial charge in [-0.25, -0.2) is 0 Å². The zero-order valence-corrected chi connectivity index (χ0v) is 13.0. The Balaban J connectivity index is 1.64. The van der Waals surface area contributed by atoms with Crippen molar-refractivity contribution in [1.29, 1.82) is 0 Å². The molecule has 3 rings (SSSR count). The van der Waals surface area contributed by atoms with Crippen LogP contribution in [0.15, 0.2) is 0 Å². The van der Waals surface area contributed by atoms with Crippen LogP contribution in [0.2, 0.25) is 0 Å². The lowest BCUT2D eigenvalue weighted by atomic mass is 9.71. The number of amides is 1. The molecular weight excluding hydrogens is 264 g/mol. The molecule has 0 aromatic rings. The van der Waals surface area contributed by atoms with E-state index in [-0.39, 0.29) is 17.9 Å². The largest absolute Gasteiger partial charge is 0.396 e. The number of likely N-dealkylation sites (tertiary alicyclic amines) is 2. The van der Waals surface area contributed by atoms with E-state index in [0.29, 0.717) is 5.92 Å². The van der Waals surface area contributed by atoms with E-state index in [1.54, 1.807) is 6.92 Å². The smallest absolute Gasteiger partial charge is 0.298 e. The first-order valence-corrected chi connectivity index (χ1v) is 8.25. The Labute approximate surface area is 127 Å². The molecule has 21 heavy (non-hydrogen) atoms. The Bertz CT molecular complexity index is 453. The van der Waals surface area contributed by atoms with Crippen LogP contribution in [0, 0.1) is 23.2 Å². The third-order valence-electron chi connectivity index (χ3n) is 5.93. The predicted molar refractivity (Wildman–Crippen MR) is 81.5 cm³/mol. The van der Waals surface area contributed by atoms with E-state index in [1.165, 1.54) is 19.3 Å². The highest BCUT2D eigenvalue weighted by Gasteiger charge is 2.49. The van der Waals surface area contributed by atoms with Gasteiger partial charge in [-0.3, -0.25) is 9.69 Å². The second kappa shape index (κ2) is 5.98. The highest BCUT2D eigenvalue weighted by molar-refractivity contribution is 5.93. The zero-order valence-electron chi connectivity index (χ0n) is 13.0. The van der Waals surface area contributed by atoms with E-state index in [2.05, 4.69) is 16.7 Å². The summed E-state index contributed by atoms with van der Waals surface area (Å²) in [6.07, 6.45) is 6.03. The van der Waals surface area contributed by atoms with E-state index in [4.69, 9.17) is 0 Å². The highest BCUT2D eigenvalue weighted by Crippen LogP contribution is 2.46. The molecule has 1 atom stereocenters. The van der Waals surface area contributed by atoms with Gasteiger partial charge in [0.1, 0.15) is 0 Å². The fourth-order valence-corrected chi connectivity index (χ4v) is 4.26. The third kappa shape index (κ3) is 2.69. The lowest BCUT2D eigenvalue weighted by molar-refractivity contribution is -0.127. The summed E-state index contributed by atoms with van der Waals surface area (Å²) in [5, 5.41) is 9.80. The van der Waals surface area contributed by atoms with Gasteiger partial charge in [-0.1, -0.05) is 12.3 Å². The van der Waals surface area contributed by atoms with E-state index >= 15 is 0 Å². The van der Waals surface area contributed by atoms with Crippen molar-refractivity contribution in [2.45, 2.75) is 45.1 Å². The van der Waals surface area contributed by atoms with Crippen molar-refractivity contribution < 1.29 is 9.90 Å². The van der Waals surface area contributed by atoms with Crippen LogP contribution >= 0.6 is 0 Å². The molecule has 0 aromatic carbocycles. The van der Waals surface area contributed by atoms with Crippen LogP contribution in [-0.4, -0.2) is 59.6 Å². The Morgan fingerprint density at radius 3 is 2.57 bits per heavy atom. The van der Waals surface area contributed by atoms with Crippen molar-refractivity contribution in [1.82, 2.24) is 9.80 Å². The summed E-state index contributed by atoms with van der Waals surface area (Å²) in [5.41, 5.74) is 0.223. The molecule has 3 fully saturated rings. The number of hydrogen-bond acceptors (Lipinski definition) is 3. The predicted octanol–water partition coefficient (Wildman–Crippen LogP) is 1.10. The van der Waals surface area contributed by atoms with Crippen LogP contribution < -0.4 is 0 Å². The van der Waals surface area contributed by atoms with E-state index in [9.17, 15) is 9.90 Å². The van der Waals surface area contributed by atoms with Gasteiger partial charge < -0.3 is 10.0 Å². The van der Waals surface area contributed by atoms with Crippen LogP contribution in [-0.2, 0) is 4.79 Å². The van der Waals surface area contributed by atoms with Crippen molar-refractivity contribution in [3.8, 4) is 11.8 Å². The molecular formula is C17H26N2O2. The molecule has 2 aliphatic heterocycles. The number of hydrogen-bond donors (Lipinski definition) is 1. The van der Waals surface area contributed by atoms with Gasteiger partial charge >= 0.3 is 0 Å². The summed E-state index contributed by atoms with van der Waals surface area (Å²) in [6.45, 7) is 5.74. The van der Waals surface area contributed by atoms with Crippen LogP contribution in [0.3, 0.4) is 0 Å². The molecule has 2 heterocycles. The quantitative estimate of drug-likeness (QED) is 0.775. The summed E-state index contributed by atoms with van der Waals surface area (Å²) < 4.78 is 0. The van der Waals surface area contributed by atoms with Crippen LogP contribution in [0.5, 0.6) is 0 Å². The molecule has 1 saturated carbocycles. The van der Waals surface area contributed by atoms with E-state index < -0.39 is 0 Å². The first-order chi connectivity index (χ1) is 10.2. The summed E-state index contributed by atoms with van der Waals surface area (Å²) in [4.78, 5) is 16.4. The molecule has 116 valence electrons. The summed E-state index contributed by atoms with van der Waals surface area (Å²) in [6, 6.07) is 0.754. The van der Waals surface area contributed by atoms with Gasteiger partial charge in [-0.2, -0.15) is 0 Å². The monoisotopic (exact) mass is 290 g/mol. The molecule has 3 aliphatic rings. The average molecular weight is 290 g/mol. The minimum absolute atomic E-state index is 0.0401. The number of aliphatic hydroxyl groups excluding tert-OH is 1. The van der Waals surface area contributed by atoms with Gasteiger partial charge in [-0.05, 0) is 43.9 Å². The van der Waals surface area contributed by atoms with Gasteiger partial charge in [0.25, 0.3) is 5.91 Å². The van der Waals surface area contributed by atoms with E-state index in [1.807, 2.05) is 4.90 Å². The highest BCUT2D eigenvalue weighted by atomic mass is 16.3. The summed E-state index contributed by atoms with van der Waals surface area (Å²) in [5.74, 6) is 5.68. The average Bonchev–Trinajstić information content (AvgIpc) is 2.76. The van der Waals surface area contributed by atoms with Gasteiger partial charge in [0, 0.05) is 44.7 Å². The number of carbonyl (C=O) groups is 1. The van der Waals surface area contributed by atoms with Gasteiger partial charge in [0.15, 0.2) is 0 Å². The third-order valence-corrected chi connectivity index (χ3v) is 5.93. The van der Waals surface area contributed by atoms with Crippen molar-refractivity contribution in [3.63, 3.8) is 0 Å². The first-order valence-electron chi connectivity index (χ1n) is 8.25. The van der Waals surface area contributed by atoms with Gasteiger partial charge in [-0.15, -0.1) is 0 Å². The Morgan fingerprint density at radius 2 is 2.05 bits per heavy atom. The minimum atomic E-state index is -0.0401. The molecule has 4 heteroatoms. The molecule has 0 radical (unpaired) electrons. The number of nitrogens with zero attached hydrogens (tertiary/aromatic N) is 2. The molecule has 1 unspecified atom stereocenters. The van der Waals surface area contributed by atoms with E-state index in [0.717, 1.165) is 45.1 Å². The SMILES string of the molecule is CC#CC(=O)N1CCC2(CC1)CN(C1CCC1)CC2CO. The molecule has 2 saturated heterocycles. The molecule has 1 N–H and O–H groups in total. The molecule has 4 nitrogen and oxygen atoms in total. The van der Waals surface area contributed by atoms with Crippen LogP contribution in [0.4, 0.5) is 0 Å². The first kappa shape index (κ1) is 14.9. The molecule has 0 bridgehead atoms. The topological polar surface area (TPSA) is 43.8 Å². The lowest BCUT2D eigenvalue weighted by Gasteiger charge is -2.42. The second-order valence-corrected chi connectivity index (χ2v) is 6.92. The van der Waals surface area contributed by atoms with Crippen molar-refractivity contribution in [3.05, 3.63) is 0 Å². The van der Waals surface area contributed by atoms with Crippen LogP contribution in [0.25, 0.3) is 0 Å². The minimum Gasteiger partial charge on any atom is -0.396 e. The van der Waals surface area contributed by atoms with Crippen molar-refractivity contribution in [2.24, 2.45) is 11.3 Å². The normalized spacial score (nSPS) is 29.0. The standard InChI is InChI=1S/C17H26N2O2/c1-2-4-16(21)18-9-7-17(8-10-18)13-19(11-14(17)12-20)15-5-3-6-15/h14-15,20H,3,5-13H2,1H3. The van der Waals surface area contributed by atoms with Crippen molar-refractivity contribution >= 4 is 5.91 Å². The Morgan fingerprint density at radius 1 is 1.33 bits per heavy atom. The fourth-order valence-electron chi connectivity index (χ4n) is 4.26. The fraction of sp³-hybridized carbons (Fsp3) is 0.824. The Kier molecular flexibility index (Phi) is 4.24. The van der Waals surface area contributed by atoms with Gasteiger partial charge in [0.05, 0.1) is 0 Å². The lowest BCUT2D eigenvalue weighted by Crippen LogP contribution is -2.47. The maximum Gasteiger partial charge on any atom is 0.298 e. The number of aliphatic hydroxyl groups is 1. The van der Waals surface area contributed by atoms with Crippen LogP contribution in [0.1, 0.15) is 39.0 Å². The number of rotatable bonds is 2. The number of piperidine rings is 1. The second-order valence-electron chi connectivity index (χ2n) is 6.92. The molecule has 1 aliphatic carbocycles. The summed E-state index contributed by atoms with van der Waals surface area (Å²) >= 11 is 0. The summed E-state index contributed by atoms with van der Waals surface area (Å²) in [7, 11) is 0. The zero-order chi connectivity index (χ0) is 14.9.